The van der Waals surface area contributed by atoms with Crippen molar-refractivity contribution in [2.45, 2.75) is 13.3 Å². The molecule has 0 aliphatic carbocycles. The van der Waals surface area contributed by atoms with Gasteiger partial charge < -0.3 is 10.5 Å². The summed E-state index contributed by atoms with van der Waals surface area (Å²) < 4.78 is 5.57. The molecule has 0 atom stereocenters. The van der Waals surface area contributed by atoms with Crippen molar-refractivity contribution in [3.63, 3.8) is 0 Å². The van der Waals surface area contributed by atoms with E-state index in [-0.39, 0.29) is 5.28 Å². The summed E-state index contributed by atoms with van der Waals surface area (Å²) in [6.45, 7) is 1.99. The second-order valence-corrected chi connectivity index (χ2v) is 3.83. The predicted molar refractivity (Wildman–Crippen MR) is 67.3 cm³/mol. The van der Waals surface area contributed by atoms with E-state index in [0.717, 1.165) is 12.1 Å². The average Bonchev–Trinajstić information content (AvgIpc) is 2.31. The molecule has 2 N–H and O–H groups in total. The van der Waals surface area contributed by atoms with Crippen molar-refractivity contribution >= 4 is 17.3 Å². The number of hydrogen-bond donors (Lipinski definition) is 1. The third-order valence-corrected chi connectivity index (χ3v) is 2.36. The van der Waals surface area contributed by atoms with Crippen molar-refractivity contribution < 1.29 is 4.74 Å². The number of nitrogens with two attached hydrogens (primary N) is 1. The Kier molecular flexibility index (Phi) is 3.44. The first-order chi connectivity index (χ1) is 8.17. The minimum atomic E-state index is 0.190. The molecule has 0 radical (unpaired) electrons. The van der Waals surface area contributed by atoms with Crippen LogP contribution in [0.15, 0.2) is 30.3 Å². The average molecular weight is 250 g/mol. The molecule has 0 aliphatic rings. The van der Waals surface area contributed by atoms with E-state index in [1.807, 2.05) is 6.92 Å². The number of ether oxygens (including phenoxy) is 1. The highest BCUT2D eigenvalue weighted by Gasteiger charge is 2.04. The van der Waals surface area contributed by atoms with Crippen LogP contribution >= 0.6 is 11.6 Å². The Balaban J connectivity index is 2.23. The minimum absolute atomic E-state index is 0.190. The second kappa shape index (κ2) is 5.01. The Morgan fingerprint density at radius 2 is 1.94 bits per heavy atom. The molecule has 4 nitrogen and oxygen atoms in total. The first kappa shape index (κ1) is 11.7. The summed E-state index contributed by atoms with van der Waals surface area (Å²) in [6.07, 6.45) is 0.778. The summed E-state index contributed by atoms with van der Waals surface area (Å²) in [5, 5.41) is 0.190. The van der Waals surface area contributed by atoms with Gasteiger partial charge in [0, 0.05) is 17.4 Å². The number of nitrogen functional groups attached to an aromatic ring is 1. The Labute approximate surface area is 104 Å². The van der Waals surface area contributed by atoms with Gasteiger partial charge in [-0.2, -0.15) is 4.98 Å². The number of halogens is 1. The van der Waals surface area contributed by atoms with Crippen LogP contribution in [0.4, 0.5) is 5.69 Å². The highest BCUT2D eigenvalue weighted by molar-refractivity contribution is 6.28. The lowest BCUT2D eigenvalue weighted by Crippen LogP contribution is -1.95. The summed E-state index contributed by atoms with van der Waals surface area (Å²) in [6, 6.07) is 8.84. The Hall–Kier alpha value is -1.81. The summed E-state index contributed by atoms with van der Waals surface area (Å²) >= 11 is 5.80. The van der Waals surface area contributed by atoms with E-state index in [1.165, 1.54) is 0 Å². The van der Waals surface area contributed by atoms with E-state index in [4.69, 9.17) is 22.1 Å². The molecule has 1 aromatic carbocycles. The highest BCUT2D eigenvalue weighted by Crippen LogP contribution is 2.22. The van der Waals surface area contributed by atoms with Crippen LogP contribution in [0.1, 0.15) is 12.6 Å². The molecule has 1 heterocycles. The molecular formula is C12H12ClN3O. The molecular weight excluding hydrogens is 238 g/mol. The number of aromatic nitrogens is 2. The molecule has 0 saturated heterocycles. The molecule has 0 fully saturated rings. The predicted octanol–water partition coefficient (Wildman–Crippen LogP) is 3.07. The zero-order chi connectivity index (χ0) is 12.3. The van der Waals surface area contributed by atoms with Crippen LogP contribution in [-0.2, 0) is 6.42 Å². The lowest BCUT2D eigenvalue weighted by Gasteiger charge is -2.06. The number of nitrogens with zero attached hydrogens (tertiary/aromatic N) is 2. The van der Waals surface area contributed by atoms with Crippen molar-refractivity contribution in [2.24, 2.45) is 0 Å². The lowest BCUT2D eigenvalue weighted by molar-refractivity contribution is 0.460. The molecule has 0 saturated carbocycles. The van der Waals surface area contributed by atoms with Gasteiger partial charge in [-0.1, -0.05) is 6.92 Å². The minimum Gasteiger partial charge on any atom is -0.439 e. The molecule has 5 heteroatoms. The van der Waals surface area contributed by atoms with E-state index >= 15 is 0 Å². The Morgan fingerprint density at radius 3 is 2.59 bits per heavy atom. The molecule has 88 valence electrons. The van der Waals surface area contributed by atoms with Crippen molar-refractivity contribution in [2.75, 3.05) is 5.73 Å². The zero-order valence-electron chi connectivity index (χ0n) is 9.35. The molecule has 0 spiro atoms. The molecule has 2 aromatic rings. The van der Waals surface area contributed by atoms with Gasteiger partial charge in [0.25, 0.3) is 0 Å². The number of hydrogen-bond acceptors (Lipinski definition) is 4. The fourth-order valence-electron chi connectivity index (χ4n) is 1.33. The maximum atomic E-state index is 5.80. The van der Waals surface area contributed by atoms with Crippen molar-refractivity contribution in [1.82, 2.24) is 9.97 Å². The summed E-state index contributed by atoms with van der Waals surface area (Å²) in [5.74, 6) is 1.10. The van der Waals surface area contributed by atoms with Gasteiger partial charge in [-0.3, -0.25) is 0 Å². The van der Waals surface area contributed by atoms with E-state index in [0.29, 0.717) is 17.3 Å². The number of anilines is 1. The molecule has 0 aliphatic heterocycles. The van der Waals surface area contributed by atoms with Gasteiger partial charge in [0.15, 0.2) is 0 Å². The van der Waals surface area contributed by atoms with Crippen LogP contribution in [0.3, 0.4) is 0 Å². The summed E-state index contributed by atoms with van der Waals surface area (Å²) in [7, 11) is 0. The third-order valence-electron chi connectivity index (χ3n) is 2.19. The standard InChI is InChI=1S/C12H12ClN3O/c1-2-9-7-11(16-12(13)15-9)17-10-5-3-8(14)4-6-10/h3-7H,2,14H2,1H3. The highest BCUT2D eigenvalue weighted by atomic mass is 35.5. The van der Waals surface area contributed by atoms with E-state index in [9.17, 15) is 0 Å². The van der Waals surface area contributed by atoms with Crippen LogP contribution in [0.5, 0.6) is 11.6 Å². The van der Waals surface area contributed by atoms with Gasteiger partial charge in [-0.25, -0.2) is 4.98 Å². The molecule has 17 heavy (non-hydrogen) atoms. The smallest absolute Gasteiger partial charge is 0.225 e. The number of benzene rings is 1. The first-order valence-corrected chi connectivity index (χ1v) is 5.62. The monoisotopic (exact) mass is 249 g/mol. The third kappa shape index (κ3) is 3.07. The number of aryl methyl sites for hydroxylation is 1. The quantitative estimate of drug-likeness (QED) is 0.671. The fraction of sp³-hybridized carbons (Fsp3) is 0.167. The van der Waals surface area contributed by atoms with E-state index < -0.39 is 0 Å². The van der Waals surface area contributed by atoms with Crippen molar-refractivity contribution in [1.29, 1.82) is 0 Å². The van der Waals surface area contributed by atoms with Gasteiger partial charge in [0.05, 0.1) is 0 Å². The molecule has 1 aromatic heterocycles. The van der Waals surface area contributed by atoms with Gasteiger partial charge in [-0.15, -0.1) is 0 Å². The second-order valence-electron chi connectivity index (χ2n) is 3.49. The van der Waals surface area contributed by atoms with Crippen LogP contribution in [0.2, 0.25) is 5.28 Å². The maximum Gasteiger partial charge on any atom is 0.225 e. The topological polar surface area (TPSA) is 61.0 Å². The Bertz CT molecular complexity index is 514. The fourth-order valence-corrected chi connectivity index (χ4v) is 1.52. The summed E-state index contributed by atoms with van der Waals surface area (Å²) in [4.78, 5) is 8.06. The van der Waals surface area contributed by atoms with Gasteiger partial charge in [0.2, 0.25) is 11.2 Å². The maximum absolute atomic E-state index is 5.80. The van der Waals surface area contributed by atoms with E-state index in [1.54, 1.807) is 30.3 Å². The van der Waals surface area contributed by atoms with E-state index in [2.05, 4.69) is 9.97 Å². The number of rotatable bonds is 3. The van der Waals surface area contributed by atoms with Gasteiger partial charge in [0.1, 0.15) is 5.75 Å². The normalized spacial score (nSPS) is 10.2. The zero-order valence-corrected chi connectivity index (χ0v) is 10.1. The lowest BCUT2D eigenvalue weighted by atomic mass is 10.3. The largest absolute Gasteiger partial charge is 0.439 e. The molecule has 0 amide bonds. The van der Waals surface area contributed by atoms with Crippen molar-refractivity contribution in [3.05, 3.63) is 41.3 Å². The van der Waals surface area contributed by atoms with Gasteiger partial charge >= 0.3 is 0 Å². The Morgan fingerprint density at radius 1 is 1.24 bits per heavy atom. The van der Waals surface area contributed by atoms with Crippen LogP contribution < -0.4 is 10.5 Å². The summed E-state index contributed by atoms with van der Waals surface area (Å²) in [5.41, 5.74) is 7.12. The first-order valence-electron chi connectivity index (χ1n) is 5.24. The molecule has 0 unspecified atom stereocenters. The molecule has 2 rings (SSSR count). The van der Waals surface area contributed by atoms with Gasteiger partial charge in [-0.05, 0) is 42.3 Å². The van der Waals surface area contributed by atoms with Crippen LogP contribution in [0, 0.1) is 0 Å². The SMILES string of the molecule is CCc1cc(Oc2ccc(N)cc2)nc(Cl)n1. The van der Waals surface area contributed by atoms with Crippen molar-refractivity contribution in [3.8, 4) is 11.6 Å². The molecule has 0 bridgehead atoms. The van der Waals surface area contributed by atoms with Crippen LogP contribution in [-0.4, -0.2) is 9.97 Å². The van der Waals surface area contributed by atoms with Crippen LogP contribution in [0.25, 0.3) is 0 Å².